The van der Waals surface area contributed by atoms with Crippen LogP contribution in [0.15, 0.2) is 18.2 Å². The molecular weight excluding hydrogens is 250 g/mol. The van der Waals surface area contributed by atoms with E-state index in [4.69, 9.17) is 4.74 Å². The Morgan fingerprint density at radius 2 is 1.68 bits per heavy atom. The third-order valence-corrected chi connectivity index (χ3v) is 4.64. The Morgan fingerprint density at radius 1 is 1.05 bits per heavy atom. The zero-order chi connectivity index (χ0) is 13.5. The summed E-state index contributed by atoms with van der Waals surface area (Å²) < 4.78 is 32.0. The van der Waals surface area contributed by atoms with Crippen molar-refractivity contribution in [1.29, 1.82) is 0 Å². The van der Waals surface area contributed by atoms with Crippen LogP contribution in [0.3, 0.4) is 0 Å². The summed E-state index contributed by atoms with van der Waals surface area (Å²) in [5.41, 5.74) is -0.193. The van der Waals surface area contributed by atoms with Gasteiger partial charge >= 0.3 is 0 Å². The monoisotopic (exact) mass is 268 g/mol. The van der Waals surface area contributed by atoms with Gasteiger partial charge in [0, 0.05) is 30.0 Å². The first-order valence-electron chi connectivity index (χ1n) is 6.91. The molecule has 0 aliphatic heterocycles. The maximum atomic E-state index is 13.1. The van der Waals surface area contributed by atoms with Crippen molar-refractivity contribution in [2.45, 2.75) is 50.7 Å². The minimum Gasteiger partial charge on any atom is -0.489 e. The van der Waals surface area contributed by atoms with E-state index < -0.39 is 11.6 Å². The molecule has 0 radical (unpaired) electrons. The van der Waals surface area contributed by atoms with Crippen LogP contribution < -0.4 is 4.74 Å². The van der Waals surface area contributed by atoms with E-state index in [1.54, 1.807) is 0 Å². The highest BCUT2D eigenvalue weighted by atomic mass is 19.1. The third-order valence-electron chi connectivity index (χ3n) is 4.64. The summed E-state index contributed by atoms with van der Waals surface area (Å²) in [6, 6.07) is 3.23. The largest absolute Gasteiger partial charge is 0.489 e. The number of halogens is 2. The Morgan fingerprint density at radius 3 is 2.26 bits per heavy atom. The summed E-state index contributed by atoms with van der Waals surface area (Å²) in [6.45, 7) is 0. The SMILES string of the molecule is OC1CC(Oc2cc(F)cc(F)c2)C12CCCCC2. The maximum Gasteiger partial charge on any atom is 0.129 e. The molecule has 19 heavy (non-hydrogen) atoms. The fraction of sp³-hybridized carbons (Fsp3) is 0.600. The first-order chi connectivity index (χ1) is 9.10. The van der Waals surface area contributed by atoms with Crippen molar-refractivity contribution in [3.05, 3.63) is 29.8 Å². The topological polar surface area (TPSA) is 29.5 Å². The van der Waals surface area contributed by atoms with E-state index in [0.29, 0.717) is 6.42 Å². The van der Waals surface area contributed by atoms with Gasteiger partial charge in [0.1, 0.15) is 23.5 Å². The highest BCUT2D eigenvalue weighted by Gasteiger charge is 2.56. The standard InChI is InChI=1S/C15H18F2O2/c16-10-6-11(17)8-12(7-10)19-14-9-13(18)15(14)4-2-1-3-5-15/h6-8,13-14,18H,1-5,9H2. The lowest BCUT2D eigenvalue weighted by atomic mass is 9.56. The van der Waals surface area contributed by atoms with Gasteiger partial charge in [-0.15, -0.1) is 0 Å². The average Bonchev–Trinajstić information content (AvgIpc) is 2.38. The van der Waals surface area contributed by atoms with Crippen LogP contribution >= 0.6 is 0 Å². The van der Waals surface area contributed by atoms with Crippen molar-refractivity contribution in [1.82, 2.24) is 0 Å². The molecule has 0 heterocycles. The summed E-state index contributed by atoms with van der Waals surface area (Å²) in [7, 11) is 0. The van der Waals surface area contributed by atoms with E-state index >= 15 is 0 Å². The molecule has 2 aliphatic carbocycles. The van der Waals surface area contributed by atoms with Gasteiger partial charge in [0.15, 0.2) is 0 Å². The third kappa shape index (κ3) is 2.22. The van der Waals surface area contributed by atoms with Crippen molar-refractivity contribution in [2.75, 3.05) is 0 Å². The molecule has 0 saturated heterocycles. The molecule has 2 atom stereocenters. The highest BCUT2D eigenvalue weighted by Crippen LogP contribution is 2.53. The Kier molecular flexibility index (Phi) is 3.21. The van der Waals surface area contributed by atoms with Gasteiger partial charge in [-0.1, -0.05) is 19.3 Å². The van der Waals surface area contributed by atoms with Gasteiger partial charge < -0.3 is 9.84 Å². The molecule has 0 bridgehead atoms. The maximum absolute atomic E-state index is 13.1. The molecule has 3 rings (SSSR count). The molecule has 2 nitrogen and oxygen atoms in total. The predicted molar refractivity (Wildman–Crippen MR) is 66.9 cm³/mol. The Labute approximate surface area is 111 Å². The predicted octanol–water partition coefficient (Wildman–Crippen LogP) is 3.43. The number of aliphatic hydroxyl groups is 1. The van der Waals surface area contributed by atoms with Crippen LogP contribution in [0.4, 0.5) is 8.78 Å². The van der Waals surface area contributed by atoms with Crippen LogP contribution in [0.25, 0.3) is 0 Å². The van der Waals surface area contributed by atoms with Crippen molar-refractivity contribution in [2.24, 2.45) is 5.41 Å². The second-order valence-corrected chi connectivity index (χ2v) is 5.76. The summed E-state index contributed by atoms with van der Waals surface area (Å²) in [5, 5.41) is 10.1. The smallest absolute Gasteiger partial charge is 0.129 e. The Hall–Kier alpha value is -1.16. The lowest BCUT2D eigenvalue weighted by Crippen LogP contribution is -2.60. The van der Waals surface area contributed by atoms with Crippen LogP contribution in [-0.2, 0) is 0 Å². The molecule has 1 aromatic carbocycles. The Bertz CT molecular complexity index is 449. The molecular formula is C15H18F2O2. The average molecular weight is 268 g/mol. The summed E-state index contributed by atoms with van der Waals surface area (Å²) >= 11 is 0. The van der Waals surface area contributed by atoms with Crippen LogP contribution in [0, 0.1) is 17.0 Å². The molecule has 1 spiro atoms. The number of hydrogen-bond acceptors (Lipinski definition) is 2. The van der Waals surface area contributed by atoms with E-state index in [-0.39, 0.29) is 23.4 Å². The molecule has 2 fully saturated rings. The molecule has 1 aromatic rings. The van der Waals surface area contributed by atoms with Gasteiger partial charge in [0.25, 0.3) is 0 Å². The van der Waals surface area contributed by atoms with Crippen molar-refractivity contribution in [3.8, 4) is 5.75 Å². The fourth-order valence-corrected chi connectivity index (χ4v) is 3.52. The molecule has 2 unspecified atom stereocenters. The zero-order valence-corrected chi connectivity index (χ0v) is 10.7. The summed E-state index contributed by atoms with van der Waals surface area (Å²) in [6.07, 6.45) is 5.35. The van der Waals surface area contributed by atoms with Crippen molar-refractivity contribution >= 4 is 0 Å². The first-order valence-corrected chi connectivity index (χ1v) is 6.91. The van der Waals surface area contributed by atoms with Crippen LogP contribution in [0.2, 0.25) is 0 Å². The van der Waals surface area contributed by atoms with Gasteiger partial charge in [-0.2, -0.15) is 0 Å². The van der Waals surface area contributed by atoms with Crippen molar-refractivity contribution < 1.29 is 18.6 Å². The fourth-order valence-electron chi connectivity index (χ4n) is 3.52. The molecule has 2 aliphatic rings. The van der Waals surface area contributed by atoms with Gasteiger partial charge in [-0.05, 0) is 12.8 Å². The minimum atomic E-state index is -0.632. The first kappa shape index (κ1) is 12.9. The number of ether oxygens (including phenoxy) is 1. The molecule has 0 amide bonds. The van der Waals surface area contributed by atoms with Gasteiger partial charge in [-0.25, -0.2) is 8.78 Å². The van der Waals surface area contributed by atoms with E-state index in [9.17, 15) is 13.9 Å². The van der Waals surface area contributed by atoms with Crippen LogP contribution in [-0.4, -0.2) is 17.3 Å². The van der Waals surface area contributed by atoms with Gasteiger partial charge in [0.05, 0.1) is 6.10 Å². The lowest BCUT2D eigenvalue weighted by molar-refractivity contribution is -0.172. The normalized spacial score (nSPS) is 29.0. The quantitative estimate of drug-likeness (QED) is 0.890. The minimum absolute atomic E-state index is 0.121. The van der Waals surface area contributed by atoms with Crippen LogP contribution in [0.5, 0.6) is 5.75 Å². The van der Waals surface area contributed by atoms with Gasteiger partial charge in [0.2, 0.25) is 0 Å². The molecule has 4 heteroatoms. The van der Waals surface area contributed by atoms with E-state index in [2.05, 4.69) is 0 Å². The zero-order valence-electron chi connectivity index (χ0n) is 10.7. The molecule has 0 aromatic heterocycles. The second-order valence-electron chi connectivity index (χ2n) is 5.76. The van der Waals surface area contributed by atoms with Crippen LogP contribution in [0.1, 0.15) is 38.5 Å². The number of hydrogen-bond donors (Lipinski definition) is 1. The van der Waals surface area contributed by atoms with E-state index in [0.717, 1.165) is 31.7 Å². The summed E-state index contributed by atoms with van der Waals surface area (Å²) in [5.74, 6) is -1.04. The molecule has 1 N–H and O–H groups in total. The number of benzene rings is 1. The second kappa shape index (κ2) is 4.75. The van der Waals surface area contributed by atoms with Gasteiger partial charge in [-0.3, -0.25) is 0 Å². The molecule has 2 saturated carbocycles. The lowest BCUT2D eigenvalue weighted by Gasteiger charge is -2.55. The number of aliphatic hydroxyl groups excluding tert-OH is 1. The highest BCUT2D eigenvalue weighted by molar-refractivity contribution is 5.25. The Balaban J connectivity index is 1.76. The van der Waals surface area contributed by atoms with E-state index in [1.165, 1.54) is 18.6 Å². The molecule has 104 valence electrons. The summed E-state index contributed by atoms with van der Waals surface area (Å²) in [4.78, 5) is 0. The number of rotatable bonds is 2. The van der Waals surface area contributed by atoms with Crippen molar-refractivity contribution in [3.63, 3.8) is 0 Å². The van der Waals surface area contributed by atoms with E-state index in [1.807, 2.05) is 0 Å².